The van der Waals surface area contributed by atoms with E-state index in [1.807, 2.05) is 34.9 Å². The van der Waals surface area contributed by atoms with E-state index in [-0.39, 0.29) is 0 Å². The van der Waals surface area contributed by atoms with E-state index in [1.54, 1.807) is 0 Å². The van der Waals surface area contributed by atoms with Crippen LogP contribution in [0.25, 0.3) is 0 Å². The first-order chi connectivity index (χ1) is 5.83. The number of hydrogen-bond acceptors (Lipinski definition) is 5. The third kappa shape index (κ3) is 9.61. The average molecular weight is 229 g/mol. The second kappa shape index (κ2) is 5.43. The zero-order valence-corrected chi connectivity index (χ0v) is 8.44. The first-order valence-electron chi connectivity index (χ1n) is 3.06. The number of halogens is 1. The van der Waals surface area contributed by atoms with Crippen LogP contribution in [0.5, 0.6) is 0 Å². The molecule has 1 heterocycles. The van der Waals surface area contributed by atoms with Gasteiger partial charge >= 0.3 is 0 Å². The fourth-order valence-electron chi connectivity index (χ4n) is 0.585. The Morgan fingerprint density at radius 1 is 1.38 bits per heavy atom. The number of imidazole rings is 1. The van der Waals surface area contributed by atoms with Crippen molar-refractivity contribution >= 4 is 12.6 Å². The molecule has 0 aliphatic carbocycles. The van der Waals surface area contributed by atoms with Crippen molar-refractivity contribution < 1.29 is 33.4 Å². The highest BCUT2D eigenvalue weighted by atomic mass is 35.7. The number of nitrogens with zero attached hydrogens (tertiary/aromatic N) is 2. The molecule has 0 aromatic carbocycles. The summed E-state index contributed by atoms with van der Waals surface area (Å²) in [5, 5.41) is 0. The topological polar surface area (TPSA) is 101 Å². The Bertz CT molecular complexity index is 243. The first kappa shape index (κ1) is 12.7. The Morgan fingerprint density at radius 3 is 2.00 bits per heavy atom. The molecule has 0 amide bonds. The van der Waals surface area contributed by atoms with Crippen LogP contribution in [0.3, 0.4) is 0 Å². The molecule has 0 saturated carbocycles. The molecule has 6 nitrogen and oxygen atoms in total. The van der Waals surface area contributed by atoms with Gasteiger partial charge in [-0.1, -0.05) is 0 Å². The van der Waals surface area contributed by atoms with Crippen molar-refractivity contribution in [3.05, 3.63) is 18.7 Å². The zero-order chi connectivity index (χ0) is 10.5. The summed E-state index contributed by atoms with van der Waals surface area (Å²) in [7, 11) is -2.96. The number of thiol groups is 1. The van der Waals surface area contributed by atoms with Crippen LogP contribution in [0.15, 0.2) is 18.7 Å². The predicted octanol–water partition coefficient (Wildman–Crippen LogP) is -4.56. The van der Waals surface area contributed by atoms with Crippen LogP contribution >= 0.6 is 12.6 Å². The zero-order valence-electron chi connectivity index (χ0n) is 6.79. The summed E-state index contributed by atoms with van der Waals surface area (Å²) < 4.78 is 37.9. The molecule has 0 atom stereocenters. The van der Waals surface area contributed by atoms with Crippen LogP contribution in [-0.2, 0) is 12.9 Å². The van der Waals surface area contributed by atoms with E-state index < -0.39 is 10.2 Å². The Labute approximate surface area is 82.8 Å². The molecular weight excluding hydrogens is 220 g/mol. The minimum Gasteiger partial charge on any atom is -0.240 e. The molecule has 1 rings (SSSR count). The molecule has 0 aliphatic rings. The van der Waals surface area contributed by atoms with Gasteiger partial charge in [0, 0.05) is 0 Å². The average Bonchev–Trinajstić information content (AvgIpc) is 2.31. The molecule has 0 aliphatic heterocycles. The van der Waals surface area contributed by atoms with E-state index in [2.05, 4.69) is 12.6 Å². The maximum atomic E-state index is 8.49. The SMILES string of the molecule is C[n+]1ccn(CS)c1.[O-][Cl+3]([O-])([O-])[O-]. The van der Waals surface area contributed by atoms with Gasteiger partial charge in [-0.25, -0.2) is 27.8 Å². The first-order valence-corrected chi connectivity index (χ1v) is 4.93. The van der Waals surface area contributed by atoms with Gasteiger partial charge in [-0.3, -0.25) is 0 Å². The lowest BCUT2D eigenvalue weighted by Crippen LogP contribution is -2.68. The van der Waals surface area contributed by atoms with Crippen molar-refractivity contribution in [2.75, 3.05) is 0 Å². The molecule has 0 radical (unpaired) electrons. The van der Waals surface area contributed by atoms with Crippen LogP contribution in [-0.4, -0.2) is 4.57 Å². The van der Waals surface area contributed by atoms with E-state index in [4.69, 9.17) is 18.6 Å². The summed E-state index contributed by atoms with van der Waals surface area (Å²) in [6.45, 7) is 0. The van der Waals surface area contributed by atoms with Crippen LogP contribution in [0.4, 0.5) is 0 Å². The third-order valence-electron chi connectivity index (χ3n) is 0.987. The fraction of sp³-hybridized carbons (Fsp3) is 0.400. The summed E-state index contributed by atoms with van der Waals surface area (Å²) in [6, 6.07) is 0. The van der Waals surface area contributed by atoms with Crippen molar-refractivity contribution in [3.63, 3.8) is 0 Å². The molecule has 1 aromatic heterocycles. The molecular formula is C5H9ClN2O4S. The number of hydrogen-bond donors (Lipinski definition) is 1. The van der Waals surface area contributed by atoms with Crippen molar-refractivity contribution in [1.29, 1.82) is 0 Å². The highest BCUT2D eigenvalue weighted by molar-refractivity contribution is 7.79. The van der Waals surface area contributed by atoms with E-state index >= 15 is 0 Å². The van der Waals surface area contributed by atoms with Gasteiger partial charge in [-0.05, 0) is 0 Å². The lowest BCUT2D eigenvalue weighted by atomic mass is 10.9. The Balaban J connectivity index is 0.000000252. The van der Waals surface area contributed by atoms with Crippen molar-refractivity contribution in [1.82, 2.24) is 4.57 Å². The van der Waals surface area contributed by atoms with E-state index in [1.165, 1.54) is 0 Å². The lowest BCUT2D eigenvalue weighted by molar-refractivity contribution is -2.00. The smallest absolute Gasteiger partial charge is 0.240 e. The summed E-state index contributed by atoms with van der Waals surface area (Å²) in [6.07, 6.45) is 5.94. The van der Waals surface area contributed by atoms with E-state index in [0.717, 1.165) is 5.88 Å². The molecule has 0 fully saturated rings. The van der Waals surface area contributed by atoms with Crippen LogP contribution in [0.1, 0.15) is 0 Å². The monoisotopic (exact) mass is 228 g/mol. The van der Waals surface area contributed by atoms with Crippen molar-refractivity contribution in [3.8, 4) is 0 Å². The number of rotatable bonds is 1. The van der Waals surface area contributed by atoms with Gasteiger partial charge in [0.25, 0.3) is 0 Å². The van der Waals surface area contributed by atoms with E-state index in [9.17, 15) is 0 Å². The Hall–Kier alpha value is -0.310. The standard InChI is InChI=1S/C5H8N2S.ClHO4/c1-6-2-3-7(4-6)5-8;2-1(3,4)5/h2-4H,5H2,1H3;(H,2,3,4,5). The molecule has 0 spiro atoms. The van der Waals surface area contributed by atoms with Crippen LogP contribution < -0.4 is 23.2 Å². The van der Waals surface area contributed by atoms with Crippen LogP contribution in [0.2, 0.25) is 0 Å². The number of aromatic nitrogens is 2. The molecule has 8 heteroatoms. The maximum absolute atomic E-state index is 8.49. The van der Waals surface area contributed by atoms with Gasteiger partial charge in [0.05, 0.1) is 7.05 Å². The Kier molecular flexibility index (Phi) is 5.30. The fourth-order valence-corrected chi connectivity index (χ4v) is 0.753. The summed E-state index contributed by atoms with van der Waals surface area (Å²) in [4.78, 5) is 0. The molecule has 0 N–H and O–H groups in total. The van der Waals surface area contributed by atoms with Crippen molar-refractivity contribution in [2.24, 2.45) is 7.05 Å². The largest absolute Gasteiger partial charge is 0.244 e. The lowest BCUT2D eigenvalue weighted by Gasteiger charge is -2.17. The Morgan fingerprint density at radius 2 is 1.85 bits per heavy atom. The van der Waals surface area contributed by atoms with Gasteiger partial charge < -0.3 is 0 Å². The summed E-state index contributed by atoms with van der Waals surface area (Å²) in [5.74, 6) is 0.751. The third-order valence-corrected chi connectivity index (χ3v) is 1.31. The minimum absolute atomic E-state index is 0.751. The molecule has 13 heavy (non-hydrogen) atoms. The molecule has 0 saturated heterocycles. The molecule has 0 bridgehead atoms. The molecule has 0 unspecified atom stereocenters. The highest BCUT2D eigenvalue weighted by Gasteiger charge is 1.92. The van der Waals surface area contributed by atoms with Gasteiger partial charge in [-0.2, -0.15) is 0 Å². The molecule has 76 valence electrons. The van der Waals surface area contributed by atoms with Gasteiger partial charge in [-0.15, -0.1) is 22.9 Å². The van der Waals surface area contributed by atoms with Gasteiger partial charge in [0.1, 0.15) is 18.3 Å². The maximum Gasteiger partial charge on any atom is 0.244 e. The summed E-state index contributed by atoms with van der Waals surface area (Å²) >= 11 is 4.07. The summed E-state index contributed by atoms with van der Waals surface area (Å²) in [5.41, 5.74) is 0. The number of aryl methyl sites for hydroxylation is 1. The highest BCUT2D eigenvalue weighted by Crippen LogP contribution is 1.84. The second-order valence-corrected chi connectivity index (χ2v) is 3.15. The minimum atomic E-state index is -4.94. The van der Waals surface area contributed by atoms with Crippen LogP contribution in [0, 0.1) is 10.2 Å². The van der Waals surface area contributed by atoms with E-state index in [0.29, 0.717) is 0 Å². The van der Waals surface area contributed by atoms with Gasteiger partial charge in [0.2, 0.25) is 6.33 Å². The second-order valence-electron chi connectivity index (χ2n) is 2.11. The quantitative estimate of drug-likeness (QED) is 0.386. The predicted molar refractivity (Wildman–Crippen MR) is 34.6 cm³/mol. The van der Waals surface area contributed by atoms with Gasteiger partial charge in [0.15, 0.2) is 0 Å². The van der Waals surface area contributed by atoms with Crippen molar-refractivity contribution in [2.45, 2.75) is 5.88 Å². The molecule has 1 aromatic rings. The normalized spacial score (nSPS) is 10.6.